The molecule has 2 aromatic rings. The van der Waals surface area contributed by atoms with Gasteiger partial charge >= 0.3 is 60.7 Å². The molecule has 242 valence electrons. The van der Waals surface area contributed by atoms with Gasteiger partial charge in [0.1, 0.15) is 5.75 Å². The first-order valence-electron chi connectivity index (χ1n) is 10.4. The van der Waals surface area contributed by atoms with Gasteiger partial charge in [-0.1, -0.05) is 30.0 Å². The maximum atomic E-state index is 14.2. The topological polar surface area (TPSA) is 80.5 Å². The molecular formula is C20H12F14NO5S3+. The van der Waals surface area contributed by atoms with E-state index in [9.17, 15) is 78.3 Å². The largest absolute Gasteiger partial charge is 0.478 e. The van der Waals surface area contributed by atoms with Gasteiger partial charge in [-0.2, -0.15) is 78.3 Å². The van der Waals surface area contributed by atoms with Crippen LogP contribution in [0.2, 0.25) is 0 Å². The number of alkyl halides is 14. The lowest BCUT2D eigenvalue weighted by Crippen LogP contribution is -2.63. The summed E-state index contributed by atoms with van der Waals surface area (Å²) in [6, 6.07) is 11.5. The molecule has 2 aromatic carbocycles. The van der Waals surface area contributed by atoms with Gasteiger partial charge in [0, 0.05) is 13.2 Å². The molecule has 0 fully saturated rings. The van der Waals surface area contributed by atoms with E-state index in [1.165, 1.54) is 0 Å². The Bertz CT molecular complexity index is 1500. The van der Waals surface area contributed by atoms with Gasteiger partial charge in [-0.15, -0.1) is 0 Å². The lowest BCUT2D eigenvalue weighted by Gasteiger charge is -2.28. The molecule has 0 spiro atoms. The molecule has 0 aliphatic rings. The fourth-order valence-electron chi connectivity index (χ4n) is 2.74. The zero-order valence-electron chi connectivity index (χ0n) is 20.2. The monoisotopic (exact) mass is 708 g/mol. The number of ether oxygens (including phenoxy) is 1. The summed E-state index contributed by atoms with van der Waals surface area (Å²) in [6.45, 7) is -0.300. The maximum absolute atomic E-state index is 14.2. The van der Waals surface area contributed by atoms with Crippen LogP contribution in [0.5, 0.6) is 5.75 Å². The highest BCUT2D eigenvalue weighted by Gasteiger charge is 2.88. The third-order valence-electron chi connectivity index (χ3n) is 4.85. The van der Waals surface area contributed by atoms with Crippen molar-refractivity contribution in [2.75, 3.05) is 0 Å². The molecule has 0 heterocycles. The van der Waals surface area contributed by atoms with Gasteiger partial charge in [0.2, 0.25) is 0 Å². The molecule has 0 atom stereocenters. The molecule has 0 unspecified atom stereocenters. The van der Waals surface area contributed by atoms with Crippen molar-refractivity contribution in [3.63, 3.8) is 0 Å². The van der Waals surface area contributed by atoms with Crippen molar-refractivity contribution < 1.29 is 86.4 Å². The van der Waals surface area contributed by atoms with Crippen molar-refractivity contribution in [1.82, 2.24) is 0 Å². The Hall–Kier alpha value is -2.82. The second-order valence-electron chi connectivity index (χ2n) is 7.89. The fraction of sp³-hybridized carbons (Fsp3) is 0.350. The Balaban J connectivity index is 2.83. The zero-order valence-corrected chi connectivity index (χ0v) is 22.7. The summed E-state index contributed by atoms with van der Waals surface area (Å²) in [5.74, 6) is -19.2. The highest BCUT2D eigenvalue weighted by molar-refractivity contribution is 7.99. The van der Waals surface area contributed by atoms with Gasteiger partial charge in [0.25, 0.3) is 0 Å². The lowest BCUT2D eigenvalue weighted by atomic mass is 10.3. The van der Waals surface area contributed by atoms with Crippen LogP contribution >= 0.6 is 11.8 Å². The van der Waals surface area contributed by atoms with Gasteiger partial charge in [0.05, 0.1) is 6.92 Å². The molecule has 0 amide bonds. The molecule has 0 saturated carbocycles. The second kappa shape index (κ2) is 11.3. The van der Waals surface area contributed by atoms with Gasteiger partial charge < -0.3 is 4.74 Å². The molecule has 0 aliphatic heterocycles. The van der Waals surface area contributed by atoms with E-state index in [0.717, 1.165) is 23.9 Å². The Labute approximate surface area is 236 Å². The Morgan fingerprint density at radius 2 is 0.953 bits per heavy atom. The summed E-state index contributed by atoms with van der Waals surface area (Å²) in [4.78, 5) is 0.865. The van der Waals surface area contributed by atoms with E-state index in [4.69, 9.17) is 0 Å². The van der Waals surface area contributed by atoms with E-state index in [2.05, 4.69) is 4.74 Å². The summed E-state index contributed by atoms with van der Waals surface area (Å²) in [5.41, 5.74) is 0. The van der Waals surface area contributed by atoms with Crippen LogP contribution < -0.4 is 4.74 Å². The van der Waals surface area contributed by atoms with Crippen molar-refractivity contribution in [3.8, 4) is 5.75 Å². The van der Waals surface area contributed by atoms with Crippen molar-refractivity contribution in [1.29, 1.82) is 0 Å². The van der Waals surface area contributed by atoms with Crippen LogP contribution in [-0.2, 0) is 20.0 Å². The van der Waals surface area contributed by atoms with E-state index >= 15 is 0 Å². The number of benzene rings is 2. The number of nitrogens with zero attached hydrogens (tertiary/aromatic N) is 1. The second-order valence-corrected chi connectivity index (χ2v) is 12.9. The SMILES string of the molecule is CC(Oc1ccc(Sc2ccccc2)cc1)=[N+](S(=O)(=O)C(F)(F)C(F)(F)C(F)(F)F)S(=O)(=O)C(F)(F)C(F)(F)C(F)(F)F. The quantitative estimate of drug-likeness (QED) is 0.122. The molecule has 0 aliphatic carbocycles. The summed E-state index contributed by atoms with van der Waals surface area (Å²) < 4.78 is 237. The number of sulfonamides is 2. The third-order valence-corrected chi connectivity index (χ3v) is 10.2. The highest BCUT2D eigenvalue weighted by Crippen LogP contribution is 2.53. The number of halogens is 14. The van der Waals surface area contributed by atoms with Crippen LogP contribution in [0.25, 0.3) is 0 Å². The Morgan fingerprint density at radius 1 is 0.605 bits per heavy atom. The van der Waals surface area contributed by atoms with Crippen molar-refractivity contribution in [2.45, 2.75) is 51.4 Å². The first-order chi connectivity index (χ1) is 19.1. The predicted molar refractivity (Wildman–Crippen MR) is 118 cm³/mol. The maximum Gasteiger partial charge on any atom is 0.478 e. The van der Waals surface area contributed by atoms with Crippen LogP contribution in [0.4, 0.5) is 61.5 Å². The normalized spacial score (nSPS) is 14.4. The first-order valence-corrected chi connectivity index (χ1v) is 14.1. The standard InChI is InChI=1S/C20H12F14NO5S3/c1-11(40-12-7-9-14(10-8-12)41-13-5-3-2-4-6-13)35(42(36,37)19(31,32)15(21,22)17(25,26)27)43(38,39)20(33,34)16(23,24)18(28,29)30/h2-10H,1H3/q+1. The van der Waals surface area contributed by atoms with E-state index in [1.807, 2.05) is 0 Å². The zero-order chi connectivity index (χ0) is 33.7. The van der Waals surface area contributed by atoms with Crippen molar-refractivity contribution >= 4 is 37.7 Å². The smallest absolute Gasteiger partial charge is 0.407 e. The molecule has 0 N–H and O–H groups in total. The third kappa shape index (κ3) is 6.24. The molecule has 6 nitrogen and oxygen atoms in total. The van der Waals surface area contributed by atoms with E-state index in [-0.39, 0.29) is 11.8 Å². The molecule has 2 rings (SSSR count). The minimum atomic E-state index is -8.56. The molecule has 0 saturated heterocycles. The Morgan fingerprint density at radius 3 is 1.30 bits per heavy atom. The van der Waals surface area contributed by atoms with Crippen LogP contribution in [0.1, 0.15) is 6.92 Å². The summed E-state index contributed by atoms with van der Waals surface area (Å²) in [7, 11) is -17.1. The van der Waals surface area contributed by atoms with E-state index in [0.29, 0.717) is 17.0 Å². The van der Waals surface area contributed by atoms with Gasteiger partial charge in [-0.05, 0) is 36.4 Å². The van der Waals surface area contributed by atoms with Crippen molar-refractivity contribution in [2.24, 2.45) is 0 Å². The average molecular weight is 708 g/mol. The number of hydrogen-bond donors (Lipinski definition) is 0. The minimum absolute atomic E-state index is 0.279. The van der Waals surface area contributed by atoms with Gasteiger partial charge in [-0.25, -0.2) is 0 Å². The average Bonchev–Trinajstić information content (AvgIpc) is 2.83. The minimum Gasteiger partial charge on any atom is -0.407 e. The van der Waals surface area contributed by atoms with Crippen molar-refractivity contribution in [3.05, 3.63) is 54.6 Å². The molecule has 0 radical (unpaired) electrons. The lowest BCUT2D eigenvalue weighted by molar-refractivity contribution is -0.350. The molecule has 0 aromatic heterocycles. The summed E-state index contributed by atoms with van der Waals surface area (Å²) in [6.07, 6.45) is -15.1. The first kappa shape index (κ1) is 36.4. The van der Waals surface area contributed by atoms with E-state index < -0.39 is 69.8 Å². The van der Waals surface area contributed by atoms with Crippen LogP contribution in [0.3, 0.4) is 0 Å². The molecule has 23 heteroatoms. The van der Waals surface area contributed by atoms with Gasteiger partial charge in [-0.3, -0.25) is 0 Å². The number of hydrogen-bond acceptors (Lipinski definition) is 6. The highest BCUT2D eigenvalue weighted by atomic mass is 32.3. The van der Waals surface area contributed by atoms with Gasteiger partial charge in [0.15, 0.2) is 0 Å². The fourth-order valence-corrected chi connectivity index (χ4v) is 7.22. The predicted octanol–water partition coefficient (Wildman–Crippen LogP) is 6.89. The van der Waals surface area contributed by atoms with Crippen LogP contribution in [0, 0.1) is 0 Å². The Kier molecular flexibility index (Phi) is 9.53. The molecule has 43 heavy (non-hydrogen) atoms. The summed E-state index contributed by atoms with van der Waals surface area (Å²) >= 11 is 1.00. The van der Waals surface area contributed by atoms with Crippen LogP contribution in [0.15, 0.2) is 64.4 Å². The summed E-state index contributed by atoms with van der Waals surface area (Å²) in [5, 5.41) is -15.6. The molecule has 0 bridgehead atoms. The van der Waals surface area contributed by atoms with E-state index in [1.54, 1.807) is 30.3 Å². The van der Waals surface area contributed by atoms with Crippen LogP contribution in [-0.4, -0.2) is 60.8 Å². The molecular weight excluding hydrogens is 696 g/mol. The number of rotatable bonds is 9.